The van der Waals surface area contributed by atoms with Gasteiger partial charge >= 0.3 is 0 Å². The third kappa shape index (κ3) is 3.39. The van der Waals surface area contributed by atoms with Gasteiger partial charge in [0.25, 0.3) is 0 Å². The molecular formula is C18H18FNO3S. The summed E-state index contributed by atoms with van der Waals surface area (Å²) in [5.41, 5.74) is 0.688. The van der Waals surface area contributed by atoms with Crippen molar-refractivity contribution in [2.45, 2.75) is 37.2 Å². The number of benzene rings is 2. The smallest absolute Gasteiger partial charge is 0.243 e. The van der Waals surface area contributed by atoms with Gasteiger partial charge in [-0.25, -0.2) is 12.8 Å². The van der Waals surface area contributed by atoms with Gasteiger partial charge in [0.2, 0.25) is 10.0 Å². The van der Waals surface area contributed by atoms with Gasteiger partial charge in [0, 0.05) is 23.7 Å². The number of Topliss-reactive ketones (excluding diaryl/α,β-unsaturated/α-hetero) is 1. The van der Waals surface area contributed by atoms with Gasteiger partial charge in [0.05, 0.1) is 4.90 Å². The first-order chi connectivity index (χ1) is 11.4. The number of carbonyl (C=O) groups excluding carboxylic acids is 1. The van der Waals surface area contributed by atoms with Crippen LogP contribution in [0.25, 0.3) is 0 Å². The van der Waals surface area contributed by atoms with Gasteiger partial charge in [0.1, 0.15) is 5.82 Å². The van der Waals surface area contributed by atoms with Crippen molar-refractivity contribution in [1.82, 2.24) is 4.31 Å². The summed E-state index contributed by atoms with van der Waals surface area (Å²) in [6.45, 7) is 1.38. The van der Waals surface area contributed by atoms with Crippen molar-refractivity contribution in [2.75, 3.05) is 0 Å². The minimum Gasteiger partial charge on any atom is -0.295 e. The molecule has 3 rings (SSSR count). The van der Waals surface area contributed by atoms with Gasteiger partial charge in [-0.3, -0.25) is 4.79 Å². The first kappa shape index (κ1) is 16.8. The summed E-state index contributed by atoms with van der Waals surface area (Å²) >= 11 is 0. The van der Waals surface area contributed by atoms with Gasteiger partial charge in [-0.15, -0.1) is 0 Å². The Kier molecular flexibility index (Phi) is 4.51. The molecule has 0 heterocycles. The van der Waals surface area contributed by atoms with Crippen LogP contribution in [0.15, 0.2) is 53.4 Å². The molecule has 0 saturated heterocycles. The molecule has 0 N–H and O–H groups in total. The molecule has 0 radical (unpaired) electrons. The predicted molar refractivity (Wildman–Crippen MR) is 88.6 cm³/mol. The molecule has 1 aliphatic rings. The van der Waals surface area contributed by atoms with E-state index in [0.29, 0.717) is 11.1 Å². The third-order valence-electron chi connectivity index (χ3n) is 4.09. The molecule has 4 nitrogen and oxygen atoms in total. The van der Waals surface area contributed by atoms with Gasteiger partial charge in [-0.1, -0.05) is 30.3 Å². The van der Waals surface area contributed by atoms with Crippen molar-refractivity contribution in [2.24, 2.45) is 0 Å². The molecule has 0 spiro atoms. The monoisotopic (exact) mass is 347 g/mol. The maximum atomic E-state index is 13.9. The minimum atomic E-state index is -3.79. The minimum absolute atomic E-state index is 0.00995. The highest BCUT2D eigenvalue weighted by molar-refractivity contribution is 7.89. The lowest BCUT2D eigenvalue weighted by molar-refractivity contribution is 0.101. The summed E-state index contributed by atoms with van der Waals surface area (Å²) in [5, 5.41) is 0. The van der Waals surface area contributed by atoms with E-state index >= 15 is 0 Å². The van der Waals surface area contributed by atoms with Crippen LogP contribution in [-0.4, -0.2) is 24.5 Å². The molecule has 2 aromatic rings. The quantitative estimate of drug-likeness (QED) is 0.753. The van der Waals surface area contributed by atoms with Crippen molar-refractivity contribution in [3.05, 3.63) is 65.5 Å². The van der Waals surface area contributed by atoms with Gasteiger partial charge < -0.3 is 0 Å². The standard InChI is InChI=1S/C18H18FNO3S/c1-13(21)14-6-4-7-17(11-14)24(22,23)20(16-9-10-16)12-15-5-2-3-8-18(15)19/h2-8,11,16H,9-10,12H2,1H3. The molecule has 0 aliphatic heterocycles. The van der Waals surface area contributed by atoms with Crippen molar-refractivity contribution in [1.29, 1.82) is 0 Å². The van der Waals surface area contributed by atoms with E-state index in [0.717, 1.165) is 12.8 Å². The predicted octanol–water partition coefficient (Wildman–Crippen LogP) is 3.38. The van der Waals surface area contributed by atoms with Crippen LogP contribution in [0.2, 0.25) is 0 Å². The molecule has 1 aliphatic carbocycles. The molecule has 0 unspecified atom stereocenters. The third-order valence-corrected chi connectivity index (χ3v) is 5.98. The lowest BCUT2D eigenvalue weighted by Gasteiger charge is -2.22. The van der Waals surface area contributed by atoms with E-state index in [9.17, 15) is 17.6 Å². The molecule has 0 amide bonds. The van der Waals surface area contributed by atoms with Crippen LogP contribution in [0.3, 0.4) is 0 Å². The Balaban J connectivity index is 1.97. The van der Waals surface area contributed by atoms with E-state index < -0.39 is 15.8 Å². The lowest BCUT2D eigenvalue weighted by atomic mass is 10.2. The zero-order valence-electron chi connectivity index (χ0n) is 13.3. The highest BCUT2D eigenvalue weighted by Crippen LogP contribution is 2.34. The second-order valence-electron chi connectivity index (χ2n) is 5.96. The van der Waals surface area contributed by atoms with Crippen LogP contribution in [0.1, 0.15) is 35.7 Å². The first-order valence-corrected chi connectivity index (χ1v) is 9.20. The molecule has 0 aromatic heterocycles. The number of hydrogen-bond acceptors (Lipinski definition) is 3. The average Bonchev–Trinajstić information content (AvgIpc) is 3.38. The van der Waals surface area contributed by atoms with E-state index in [4.69, 9.17) is 0 Å². The van der Waals surface area contributed by atoms with Crippen molar-refractivity contribution >= 4 is 15.8 Å². The molecule has 6 heteroatoms. The Labute approximate surface area is 141 Å². The fraction of sp³-hybridized carbons (Fsp3) is 0.278. The second-order valence-corrected chi connectivity index (χ2v) is 7.85. The number of sulfonamides is 1. The van der Waals surface area contributed by atoms with E-state index in [1.165, 1.54) is 29.4 Å². The molecule has 0 bridgehead atoms. The van der Waals surface area contributed by atoms with Crippen LogP contribution >= 0.6 is 0 Å². The Morgan fingerprint density at radius 3 is 2.50 bits per heavy atom. The molecule has 0 atom stereocenters. The number of nitrogens with zero attached hydrogens (tertiary/aromatic N) is 1. The fourth-order valence-corrected chi connectivity index (χ4v) is 4.29. The molecule has 126 valence electrons. The van der Waals surface area contributed by atoms with Crippen molar-refractivity contribution < 1.29 is 17.6 Å². The van der Waals surface area contributed by atoms with Gasteiger partial charge in [-0.2, -0.15) is 4.31 Å². The van der Waals surface area contributed by atoms with Crippen molar-refractivity contribution in [3.63, 3.8) is 0 Å². The summed E-state index contributed by atoms with van der Waals surface area (Å²) in [6.07, 6.45) is 1.53. The molecule has 1 saturated carbocycles. The zero-order valence-corrected chi connectivity index (χ0v) is 14.1. The van der Waals surface area contributed by atoms with Crippen LogP contribution in [0, 0.1) is 5.82 Å². The molecule has 1 fully saturated rings. The van der Waals surface area contributed by atoms with Crippen molar-refractivity contribution in [3.8, 4) is 0 Å². The summed E-state index contributed by atoms with van der Waals surface area (Å²) < 4.78 is 41.3. The molecule has 24 heavy (non-hydrogen) atoms. The number of halogens is 1. The fourth-order valence-electron chi connectivity index (χ4n) is 2.58. The van der Waals surface area contributed by atoms with Crippen LogP contribution in [-0.2, 0) is 16.6 Å². The van der Waals surface area contributed by atoms with E-state index in [-0.39, 0.29) is 23.3 Å². The summed E-state index contributed by atoms with van der Waals surface area (Å²) in [6, 6.07) is 12.0. The van der Waals surface area contributed by atoms with Gasteiger partial charge in [-0.05, 0) is 38.0 Å². The Hall–Kier alpha value is -2.05. The van der Waals surface area contributed by atoms with Gasteiger partial charge in [0.15, 0.2) is 5.78 Å². The highest BCUT2D eigenvalue weighted by Gasteiger charge is 2.38. The molecule has 2 aromatic carbocycles. The normalized spacial score (nSPS) is 14.8. The highest BCUT2D eigenvalue weighted by atomic mass is 32.2. The first-order valence-electron chi connectivity index (χ1n) is 7.76. The van der Waals surface area contributed by atoms with E-state index in [1.54, 1.807) is 30.3 Å². The number of hydrogen-bond donors (Lipinski definition) is 0. The maximum Gasteiger partial charge on any atom is 0.243 e. The topological polar surface area (TPSA) is 54.5 Å². The number of rotatable bonds is 6. The Morgan fingerprint density at radius 2 is 1.88 bits per heavy atom. The largest absolute Gasteiger partial charge is 0.295 e. The Bertz CT molecular complexity index is 875. The lowest BCUT2D eigenvalue weighted by Crippen LogP contribution is -2.33. The van der Waals surface area contributed by atoms with Crippen LogP contribution in [0.5, 0.6) is 0 Å². The molecular weight excluding hydrogens is 329 g/mol. The number of carbonyl (C=O) groups is 1. The second kappa shape index (κ2) is 6.45. The van der Waals surface area contributed by atoms with E-state index in [1.807, 2.05) is 0 Å². The van der Waals surface area contributed by atoms with Crippen LogP contribution in [0.4, 0.5) is 4.39 Å². The SMILES string of the molecule is CC(=O)c1cccc(S(=O)(=O)N(Cc2ccccc2F)C2CC2)c1. The average molecular weight is 347 g/mol. The summed E-state index contributed by atoms with van der Waals surface area (Å²) in [7, 11) is -3.79. The zero-order chi connectivity index (χ0) is 17.3. The summed E-state index contributed by atoms with van der Waals surface area (Å²) in [5.74, 6) is -0.616. The van der Waals surface area contributed by atoms with Crippen LogP contribution < -0.4 is 0 Å². The number of ketones is 1. The summed E-state index contributed by atoms with van der Waals surface area (Å²) in [4.78, 5) is 11.6. The van der Waals surface area contributed by atoms with E-state index in [2.05, 4.69) is 0 Å². The Morgan fingerprint density at radius 1 is 1.17 bits per heavy atom. The maximum absolute atomic E-state index is 13.9.